The molecule has 1 aliphatic heterocycles. The van der Waals surface area contributed by atoms with Gasteiger partial charge in [-0.25, -0.2) is 18.4 Å². The Morgan fingerprint density at radius 3 is 2.33 bits per heavy atom. The molecule has 2 aromatic rings. The van der Waals surface area contributed by atoms with Gasteiger partial charge < -0.3 is 4.90 Å². The van der Waals surface area contributed by atoms with Crippen LogP contribution in [-0.2, 0) is 10.0 Å². The molecule has 0 spiro atoms. The third-order valence-electron chi connectivity index (χ3n) is 4.45. The molecule has 146 valence electrons. The standard InChI is InChI=1S/C18H22Cl2N4O2S/c1-12(2)18-21-13(3)10-17(22-18)23-6-8-24(9-7-23)27(25,26)16-11-14(19)4-5-15(16)20/h4-5,10-12H,6-9H2,1-3H3. The minimum atomic E-state index is -3.69. The van der Waals surface area contributed by atoms with Crippen LogP contribution in [0.5, 0.6) is 0 Å². The molecule has 1 aliphatic rings. The molecule has 1 aromatic carbocycles. The summed E-state index contributed by atoms with van der Waals surface area (Å²) in [6.45, 7) is 7.85. The predicted octanol–water partition coefficient (Wildman–Crippen LogP) is 3.73. The van der Waals surface area contributed by atoms with Crippen molar-refractivity contribution in [1.29, 1.82) is 0 Å². The van der Waals surface area contributed by atoms with Crippen molar-refractivity contribution in [2.75, 3.05) is 31.1 Å². The van der Waals surface area contributed by atoms with Crippen molar-refractivity contribution in [3.05, 3.63) is 45.8 Å². The lowest BCUT2D eigenvalue weighted by molar-refractivity contribution is 0.383. The Morgan fingerprint density at radius 2 is 1.70 bits per heavy atom. The Labute approximate surface area is 170 Å². The molecule has 0 amide bonds. The molecule has 27 heavy (non-hydrogen) atoms. The minimum Gasteiger partial charge on any atom is -0.354 e. The lowest BCUT2D eigenvalue weighted by Gasteiger charge is -2.35. The number of aryl methyl sites for hydroxylation is 1. The number of hydrogen-bond donors (Lipinski definition) is 0. The molecular formula is C18H22Cl2N4O2S. The number of sulfonamides is 1. The van der Waals surface area contributed by atoms with Crippen molar-refractivity contribution in [3.63, 3.8) is 0 Å². The van der Waals surface area contributed by atoms with E-state index in [1.165, 1.54) is 16.4 Å². The van der Waals surface area contributed by atoms with E-state index in [1.54, 1.807) is 6.07 Å². The third kappa shape index (κ3) is 4.37. The molecule has 0 N–H and O–H groups in total. The second kappa shape index (κ2) is 7.91. The highest BCUT2D eigenvalue weighted by molar-refractivity contribution is 7.89. The molecule has 1 aromatic heterocycles. The van der Waals surface area contributed by atoms with Gasteiger partial charge in [0.15, 0.2) is 0 Å². The van der Waals surface area contributed by atoms with Gasteiger partial charge in [0.25, 0.3) is 0 Å². The number of hydrogen-bond acceptors (Lipinski definition) is 5. The maximum Gasteiger partial charge on any atom is 0.244 e. The van der Waals surface area contributed by atoms with E-state index in [2.05, 4.69) is 28.7 Å². The summed E-state index contributed by atoms with van der Waals surface area (Å²) in [4.78, 5) is 11.2. The molecule has 9 heteroatoms. The SMILES string of the molecule is Cc1cc(N2CCN(S(=O)(=O)c3cc(Cl)ccc3Cl)CC2)nc(C(C)C)n1. The quantitative estimate of drug-likeness (QED) is 0.741. The summed E-state index contributed by atoms with van der Waals surface area (Å²) in [5.74, 6) is 1.87. The molecule has 0 radical (unpaired) electrons. The summed E-state index contributed by atoms with van der Waals surface area (Å²) in [7, 11) is -3.69. The first-order valence-corrected chi connectivity index (χ1v) is 10.9. The third-order valence-corrected chi connectivity index (χ3v) is 7.06. The molecule has 0 atom stereocenters. The second-order valence-corrected chi connectivity index (χ2v) is 9.60. The van der Waals surface area contributed by atoms with Crippen LogP contribution < -0.4 is 4.90 Å². The van der Waals surface area contributed by atoms with Gasteiger partial charge in [-0.15, -0.1) is 0 Å². The van der Waals surface area contributed by atoms with Crippen LogP contribution in [0, 0.1) is 6.92 Å². The smallest absolute Gasteiger partial charge is 0.244 e. The van der Waals surface area contributed by atoms with Crippen molar-refractivity contribution in [2.24, 2.45) is 0 Å². The Balaban J connectivity index is 1.78. The largest absolute Gasteiger partial charge is 0.354 e. The maximum atomic E-state index is 12.9. The molecule has 0 saturated carbocycles. The van der Waals surface area contributed by atoms with E-state index in [0.717, 1.165) is 17.3 Å². The molecule has 1 saturated heterocycles. The van der Waals surface area contributed by atoms with E-state index in [9.17, 15) is 8.42 Å². The van der Waals surface area contributed by atoms with Crippen LogP contribution in [0.15, 0.2) is 29.2 Å². The van der Waals surface area contributed by atoms with Crippen LogP contribution in [0.2, 0.25) is 10.0 Å². The average Bonchev–Trinajstić information content (AvgIpc) is 2.63. The molecule has 0 bridgehead atoms. The van der Waals surface area contributed by atoms with E-state index < -0.39 is 10.0 Å². The fraction of sp³-hybridized carbons (Fsp3) is 0.444. The monoisotopic (exact) mass is 428 g/mol. The summed E-state index contributed by atoms with van der Waals surface area (Å²) >= 11 is 12.1. The van der Waals surface area contributed by atoms with E-state index in [-0.39, 0.29) is 15.8 Å². The van der Waals surface area contributed by atoms with E-state index >= 15 is 0 Å². The summed E-state index contributed by atoms with van der Waals surface area (Å²) in [5.41, 5.74) is 0.907. The highest BCUT2D eigenvalue weighted by Gasteiger charge is 2.31. The topological polar surface area (TPSA) is 66.4 Å². The van der Waals surface area contributed by atoms with Crippen molar-refractivity contribution >= 4 is 39.0 Å². The predicted molar refractivity (Wildman–Crippen MR) is 108 cm³/mol. The van der Waals surface area contributed by atoms with Gasteiger partial charge in [-0.3, -0.25) is 0 Å². The molecule has 6 nitrogen and oxygen atoms in total. The first-order chi connectivity index (χ1) is 12.7. The van der Waals surface area contributed by atoms with Gasteiger partial charge in [-0.05, 0) is 25.1 Å². The fourth-order valence-corrected chi connectivity index (χ4v) is 5.13. The minimum absolute atomic E-state index is 0.0464. The summed E-state index contributed by atoms with van der Waals surface area (Å²) in [6.07, 6.45) is 0. The highest BCUT2D eigenvalue weighted by Crippen LogP contribution is 2.29. The van der Waals surface area contributed by atoms with Crippen LogP contribution >= 0.6 is 23.2 Å². The first-order valence-electron chi connectivity index (χ1n) is 8.74. The second-order valence-electron chi connectivity index (χ2n) is 6.85. The van der Waals surface area contributed by atoms with Gasteiger partial charge >= 0.3 is 0 Å². The molecule has 0 unspecified atom stereocenters. The van der Waals surface area contributed by atoms with Gasteiger partial charge in [-0.2, -0.15) is 4.31 Å². The average molecular weight is 429 g/mol. The first kappa shape index (κ1) is 20.3. The molecule has 1 fully saturated rings. The zero-order chi connectivity index (χ0) is 19.8. The Hall–Kier alpha value is -1.41. The van der Waals surface area contributed by atoms with Gasteiger partial charge in [-0.1, -0.05) is 37.0 Å². The highest BCUT2D eigenvalue weighted by atomic mass is 35.5. The lowest BCUT2D eigenvalue weighted by Crippen LogP contribution is -2.49. The normalized spacial score (nSPS) is 16.1. The van der Waals surface area contributed by atoms with E-state index in [0.29, 0.717) is 31.2 Å². The van der Waals surface area contributed by atoms with Gasteiger partial charge in [0.2, 0.25) is 10.0 Å². The zero-order valence-electron chi connectivity index (χ0n) is 15.5. The van der Waals surface area contributed by atoms with Crippen LogP contribution in [0.3, 0.4) is 0 Å². The van der Waals surface area contributed by atoms with Crippen LogP contribution in [0.25, 0.3) is 0 Å². The number of aromatic nitrogens is 2. The number of benzene rings is 1. The van der Waals surface area contributed by atoms with Crippen LogP contribution in [0.4, 0.5) is 5.82 Å². The van der Waals surface area contributed by atoms with Gasteiger partial charge in [0, 0.05) is 48.9 Å². The van der Waals surface area contributed by atoms with Crippen molar-refractivity contribution in [3.8, 4) is 0 Å². The summed E-state index contributed by atoms with van der Waals surface area (Å²) in [6, 6.07) is 6.41. The Morgan fingerprint density at radius 1 is 1.04 bits per heavy atom. The summed E-state index contributed by atoms with van der Waals surface area (Å²) in [5, 5.41) is 0.518. The number of anilines is 1. The van der Waals surface area contributed by atoms with Crippen molar-refractivity contribution in [2.45, 2.75) is 31.6 Å². The van der Waals surface area contributed by atoms with Crippen LogP contribution in [-0.4, -0.2) is 48.9 Å². The fourth-order valence-electron chi connectivity index (χ4n) is 2.97. The maximum absolute atomic E-state index is 12.9. The lowest BCUT2D eigenvalue weighted by atomic mass is 10.2. The number of rotatable bonds is 4. The van der Waals surface area contributed by atoms with Crippen LogP contribution in [0.1, 0.15) is 31.3 Å². The Bertz CT molecular complexity index is 942. The number of piperazine rings is 1. The number of nitrogens with zero attached hydrogens (tertiary/aromatic N) is 4. The van der Waals surface area contributed by atoms with Crippen molar-refractivity contribution in [1.82, 2.24) is 14.3 Å². The van der Waals surface area contributed by atoms with E-state index in [4.69, 9.17) is 23.2 Å². The van der Waals surface area contributed by atoms with Gasteiger partial charge in [0.1, 0.15) is 16.5 Å². The molecule has 3 rings (SSSR count). The zero-order valence-corrected chi connectivity index (χ0v) is 17.8. The Kier molecular flexibility index (Phi) is 5.96. The number of halogens is 2. The van der Waals surface area contributed by atoms with E-state index in [1.807, 2.05) is 13.0 Å². The molecule has 0 aliphatic carbocycles. The molecular weight excluding hydrogens is 407 g/mol. The van der Waals surface area contributed by atoms with Gasteiger partial charge in [0.05, 0.1) is 5.02 Å². The van der Waals surface area contributed by atoms with Crippen molar-refractivity contribution < 1.29 is 8.42 Å². The molecule has 2 heterocycles. The summed E-state index contributed by atoms with van der Waals surface area (Å²) < 4.78 is 27.3.